The lowest BCUT2D eigenvalue weighted by Gasteiger charge is -2.22. The summed E-state index contributed by atoms with van der Waals surface area (Å²) in [6.07, 6.45) is 0.704. The second-order valence-electron chi connectivity index (χ2n) is 5.93. The van der Waals surface area contributed by atoms with E-state index in [-0.39, 0.29) is 25.0 Å². The van der Waals surface area contributed by atoms with Crippen LogP contribution in [0.5, 0.6) is 11.5 Å². The molecule has 0 bridgehead atoms. The Morgan fingerprint density at radius 3 is 2.46 bits per heavy atom. The highest BCUT2D eigenvalue weighted by Gasteiger charge is 2.18. The number of nitrogens with zero attached hydrogens (tertiary/aromatic N) is 1. The normalized spacial score (nSPS) is 10.3. The second-order valence-corrected chi connectivity index (χ2v) is 6.77. The van der Waals surface area contributed by atoms with Crippen LogP contribution in [0.4, 0.5) is 5.69 Å². The number of hydrogen-bond donors (Lipinski definition) is 1. The summed E-state index contributed by atoms with van der Waals surface area (Å²) < 4.78 is 10.8. The van der Waals surface area contributed by atoms with Gasteiger partial charge in [0.2, 0.25) is 5.91 Å². The minimum absolute atomic E-state index is 0.110. The van der Waals surface area contributed by atoms with Gasteiger partial charge in [-0.1, -0.05) is 42.3 Å². The third-order valence-corrected chi connectivity index (χ3v) is 4.35. The average Bonchev–Trinajstić information content (AvgIpc) is 2.68. The molecular formula is C20H22Cl2N2O4. The Hall–Kier alpha value is -2.44. The van der Waals surface area contributed by atoms with Crippen LogP contribution in [0.1, 0.15) is 13.3 Å². The third kappa shape index (κ3) is 6.32. The van der Waals surface area contributed by atoms with E-state index in [2.05, 4.69) is 5.32 Å². The summed E-state index contributed by atoms with van der Waals surface area (Å²) in [5.74, 6) is 0.341. The molecule has 2 aromatic rings. The van der Waals surface area contributed by atoms with Crippen LogP contribution in [-0.2, 0) is 9.59 Å². The molecule has 1 N–H and O–H groups in total. The number of benzene rings is 2. The predicted octanol–water partition coefficient (Wildman–Crippen LogP) is 4.26. The molecule has 0 saturated carbocycles. The zero-order chi connectivity index (χ0) is 20.5. The fraction of sp³-hybridized carbons (Fsp3) is 0.300. The number of halogens is 2. The molecule has 0 atom stereocenters. The van der Waals surface area contributed by atoms with Gasteiger partial charge in [-0.05, 0) is 36.8 Å². The molecule has 0 spiro atoms. The molecule has 0 aliphatic heterocycles. The quantitative estimate of drug-likeness (QED) is 0.652. The van der Waals surface area contributed by atoms with Crippen molar-refractivity contribution in [3.05, 3.63) is 52.5 Å². The van der Waals surface area contributed by atoms with Crippen molar-refractivity contribution in [1.29, 1.82) is 0 Å². The first kappa shape index (κ1) is 21.9. The maximum atomic E-state index is 12.5. The molecule has 0 fully saturated rings. The van der Waals surface area contributed by atoms with E-state index in [4.69, 9.17) is 32.7 Å². The van der Waals surface area contributed by atoms with Crippen LogP contribution in [0.25, 0.3) is 0 Å². The molecule has 2 amide bonds. The number of nitrogens with one attached hydrogen (secondary N) is 1. The van der Waals surface area contributed by atoms with E-state index in [1.54, 1.807) is 30.3 Å². The number of ether oxygens (including phenoxy) is 2. The predicted molar refractivity (Wildman–Crippen MR) is 110 cm³/mol. The third-order valence-electron chi connectivity index (χ3n) is 3.81. The summed E-state index contributed by atoms with van der Waals surface area (Å²) in [5, 5.41) is 3.49. The lowest BCUT2D eigenvalue weighted by atomic mass is 10.3. The van der Waals surface area contributed by atoms with Crippen LogP contribution in [0.2, 0.25) is 10.0 Å². The molecule has 0 heterocycles. The maximum Gasteiger partial charge on any atom is 0.260 e. The summed E-state index contributed by atoms with van der Waals surface area (Å²) in [6, 6.07) is 11.8. The Kier molecular flexibility index (Phi) is 8.42. The first-order valence-electron chi connectivity index (χ1n) is 8.73. The number of anilines is 1. The number of para-hydroxylation sites is 2. The number of rotatable bonds is 9. The van der Waals surface area contributed by atoms with Crippen LogP contribution in [0, 0.1) is 0 Å². The zero-order valence-electron chi connectivity index (χ0n) is 15.7. The van der Waals surface area contributed by atoms with Gasteiger partial charge in [-0.2, -0.15) is 0 Å². The molecule has 0 aliphatic rings. The summed E-state index contributed by atoms with van der Waals surface area (Å²) in [6.45, 7) is 2.04. The van der Waals surface area contributed by atoms with Crippen molar-refractivity contribution in [1.82, 2.24) is 4.90 Å². The minimum Gasteiger partial charge on any atom is -0.493 e. The Morgan fingerprint density at radius 2 is 1.82 bits per heavy atom. The smallest absolute Gasteiger partial charge is 0.260 e. The molecule has 0 aromatic heterocycles. The molecule has 6 nitrogen and oxygen atoms in total. The number of methoxy groups -OCH3 is 1. The van der Waals surface area contributed by atoms with Gasteiger partial charge in [-0.15, -0.1) is 0 Å². The van der Waals surface area contributed by atoms with Crippen molar-refractivity contribution < 1.29 is 19.1 Å². The summed E-state index contributed by atoms with van der Waals surface area (Å²) >= 11 is 11.9. The Bertz CT molecular complexity index is 830. The minimum atomic E-state index is -0.358. The van der Waals surface area contributed by atoms with E-state index in [9.17, 15) is 9.59 Å². The van der Waals surface area contributed by atoms with Gasteiger partial charge < -0.3 is 19.7 Å². The summed E-state index contributed by atoms with van der Waals surface area (Å²) in [5.41, 5.74) is 0.435. The highest BCUT2D eigenvalue weighted by Crippen LogP contribution is 2.26. The van der Waals surface area contributed by atoms with Crippen LogP contribution in [0.15, 0.2) is 42.5 Å². The average molecular weight is 425 g/mol. The first-order chi connectivity index (χ1) is 13.4. The highest BCUT2D eigenvalue weighted by molar-refractivity contribution is 6.36. The van der Waals surface area contributed by atoms with Crippen LogP contribution in [-0.4, -0.2) is 43.5 Å². The van der Waals surface area contributed by atoms with E-state index >= 15 is 0 Å². The van der Waals surface area contributed by atoms with E-state index in [0.29, 0.717) is 40.2 Å². The Labute approximate surface area is 174 Å². The number of hydrogen-bond acceptors (Lipinski definition) is 4. The largest absolute Gasteiger partial charge is 0.493 e. The SMILES string of the molecule is CCCN(CC(=O)Nc1ccc(Cl)cc1Cl)C(=O)COc1ccccc1OC. The molecule has 0 saturated heterocycles. The van der Waals surface area contributed by atoms with Gasteiger partial charge in [-0.25, -0.2) is 0 Å². The van der Waals surface area contributed by atoms with Crippen molar-refractivity contribution >= 4 is 40.7 Å². The van der Waals surface area contributed by atoms with Crippen LogP contribution < -0.4 is 14.8 Å². The maximum absolute atomic E-state index is 12.5. The monoisotopic (exact) mass is 424 g/mol. The lowest BCUT2D eigenvalue weighted by molar-refractivity contribution is -0.136. The van der Waals surface area contributed by atoms with Crippen molar-refractivity contribution in [3.8, 4) is 11.5 Å². The molecule has 0 radical (unpaired) electrons. The zero-order valence-corrected chi connectivity index (χ0v) is 17.2. The second kappa shape index (κ2) is 10.8. The van der Waals surface area contributed by atoms with Gasteiger partial charge in [-0.3, -0.25) is 9.59 Å². The molecule has 0 aliphatic carbocycles. The summed E-state index contributed by atoms with van der Waals surface area (Å²) in [7, 11) is 1.53. The Morgan fingerprint density at radius 1 is 1.11 bits per heavy atom. The van der Waals surface area contributed by atoms with Crippen LogP contribution >= 0.6 is 23.2 Å². The number of amides is 2. The first-order valence-corrected chi connectivity index (χ1v) is 9.48. The topological polar surface area (TPSA) is 67.9 Å². The molecule has 28 heavy (non-hydrogen) atoms. The molecule has 8 heteroatoms. The van der Waals surface area contributed by atoms with Crippen molar-refractivity contribution in [2.75, 3.05) is 32.1 Å². The van der Waals surface area contributed by atoms with Gasteiger partial charge in [0.1, 0.15) is 0 Å². The van der Waals surface area contributed by atoms with E-state index in [0.717, 1.165) is 0 Å². The summed E-state index contributed by atoms with van der Waals surface area (Å²) in [4.78, 5) is 26.3. The number of carbonyl (C=O) groups excluding carboxylic acids is 2. The highest BCUT2D eigenvalue weighted by atomic mass is 35.5. The standard InChI is InChI=1S/C20H22Cl2N2O4/c1-3-10-24(12-19(25)23-16-9-8-14(21)11-15(16)22)20(26)13-28-18-7-5-4-6-17(18)27-2/h4-9,11H,3,10,12-13H2,1-2H3,(H,23,25). The number of carbonyl (C=O) groups is 2. The fourth-order valence-electron chi connectivity index (χ4n) is 2.48. The lowest BCUT2D eigenvalue weighted by Crippen LogP contribution is -2.41. The van der Waals surface area contributed by atoms with Crippen LogP contribution in [0.3, 0.4) is 0 Å². The molecule has 2 aromatic carbocycles. The van der Waals surface area contributed by atoms with Crippen molar-refractivity contribution in [2.24, 2.45) is 0 Å². The molecule has 2 rings (SSSR count). The van der Waals surface area contributed by atoms with E-state index in [1.807, 2.05) is 13.0 Å². The Balaban J connectivity index is 1.97. The van der Waals surface area contributed by atoms with Crippen molar-refractivity contribution in [3.63, 3.8) is 0 Å². The van der Waals surface area contributed by atoms with Gasteiger partial charge in [0.05, 0.1) is 24.4 Å². The van der Waals surface area contributed by atoms with Gasteiger partial charge in [0.15, 0.2) is 18.1 Å². The molecule has 150 valence electrons. The van der Waals surface area contributed by atoms with Gasteiger partial charge in [0, 0.05) is 11.6 Å². The van der Waals surface area contributed by atoms with Gasteiger partial charge in [0.25, 0.3) is 5.91 Å². The van der Waals surface area contributed by atoms with E-state index < -0.39 is 0 Å². The van der Waals surface area contributed by atoms with Crippen molar-refractivity contribution in [2.45, 2.75) is 13.3 Å². The molecule has 0 unspecified atom stereocenters. The van der Waals surface area contributed by atoms with E-state index in [1.165, 1.54) is 18.1 Å². The molecular weight excluding hydrogens is 403 g/mol. The fourth-order valence-corrected chi connectivity index (χ4v) is 2.94. The van der Waals surface area contributed by atoms with Gasteiger partial charge >= 0.3 is 0 Å².